The first-order valence-electron chi connectivity index (χ1n) is 9.08. The van der Waals surface area contributed by atoms with Gasteiger partial charge >= 0.3 is 0 Å². The van der Waals surface area contributed by atoms with Crippen molar-refractivity contribution in [3.8, 4) is 0 Å². The van der Waals surface area contributed by atoms with Crippen LogP contribution in [0.25, 0.3) is 0 Å². The molecule has 0 bridgehead atoms. The highest BCUT2D eigenvalue weighted by molar-refractivity contribution is 5.80. The summed E-state index contributed by atoms with van der Waals surface area (Å²) in [7, 11) is 0. The molecule has 0 saturated heterocycles. The molecular weight excluding hydrogens is 329 g/mol. The fraction of sp³-hybridized carbons (Fsp3) is 0.381. The lowest BCUT2D eigenvalue weighted by Crippen LogP contribution is -2.40. The van der Waals surface area contributed by atoms with Crippen LogP contribution in [0.4, 0.5) is 4.39 Å². The minimum Gasteiger partial charge on any atom is -0.384 e. The summed E-state index contributed by atoms with van der Waals surface area (Å²) in [6.07, 6.45) is 0.875. The molecule has 2 aromatic rings. The Morgan fingerprint density at radius 1 is 1.19 bits per heavy atom. The molecular formula is C21H26FN3O. The van der Waals surface area contributed by atoms with Crippen molar-refractivity contribution >= 4 is 5.96 Å². The van der Waals surface area contributed by atoms with Crippen LogP contribution in [-0.4, -0.2) is 30.2 Å². The third kappa shape index (κ3) is 4.41. The van der Waals surface area contributed by atoms with E-state index in [1.807, 2.05) is 49.4 Å². The smallest absolute Gasteiger partial charge is 0.191 e. The first kappa shape index (κ1) is 18.4. The zero-order valence-electron chi connectivity index (χ0n) is 15.2. The Hall–Kier alpha value is -2.40. The van der Waals surface area contributed by atoms with E-state index >= 15 is 0 Å². The van der Waals surface area contributed by atoms with Gasteiger partial charge in [0, 0.05) is 18.5 Å². The van der Waals surface area contributed by atoms with Gasteiger partial charge in [-0.3, -0.25) is 0 Å². The molecule has 3 atom stereocenters. The minimum absolute atomic E-state index is 0.157. The Kier molecular flexibility index (Phi) is 5.57. The highest BCUT2D eigenvalue weighted by atomic mass is 19.1. The summed E-state index contributed by atoms with van der Waals surface area (Å²) in [6.45, 7) is 4.71. The molecule has 138 valence electrons. The number of nitrogens with zero attached hydrogens (tertiary/aromatic N) is 1. The Morgan fingerprint density at radius 3 is 2.58 bits per heavy atom. The van der Waals surface area contributed by atoms with E-state index in [9.17, 15) is 9.50 Å². The summed E-state index contributed by atoms with van der Waals surface area (Å²) in [5.74, 6) is 0.651. The SMILES string of the molecule is CCNC(=NCC(C)(O)c1ccccc1)NC1CC1c1ccccc1F. The molecule has 4 nitrogen and oxygen atoms in total. The zero-order chi connectivity index (χ0) is 18.6. The topological polar surface area (TPSA) is 56.7 Å². The summed E-state index contributed by atoms with van der Waals surface area (Å²) in [6, 6.07) is 16.6. The Labute approximate surface area is 154 Å². The summed E-state index contributed by atoms with van der Waals surface area (Å²) in [5, 5.41) is 17.3. The quantitative estimate of drug-likeness (QED) is 0.551. The second-order valence-corrected chi connectivity index (χ2v) is 6.95. The van der Waals surface area contributed by atoms with Crippen molar-refractivity contribution in [3.05, 3.63) is 71.5 Å². The van der Waals surface area contributed by atoms with E-state index in [0.29, 0.717) is 5.96 Å². The van der Waals surface area contributed by atoms with Gasteiger partial charge in [0.15, 0.2) is 5.96 Å². The number of guanidine groups is 1. The molecule has 0 radical (unpaired) electrons. The van der Waals surface area contributed by atoms with Gasteiger partial charge in [0.25, 0.3) is 0 Å². The van der Waals surface area contributed by atoms with Gasteiger partial charge in [0.05, 0.1) is 6.54 Å². The van der Waals surface area contributed by atoms with Crippen LogP contribution in [0.2, 0.25) is 0 Å². The lowest BCUT2D eigenvalue weighted by atomic mass is 9.96. The maximum absolute atomic E-state index is 13.9. The van der Waals surface area contributed by atoms with E-state index in [4.69, 9.17) is 0 Å². The zero-order valence-corrected chi connectivity index (χ0v) is 15.2. The predicted molar refractivity (Wildman–Crippen MR) is 103 cm³/mol. The third-order valence-corrected chi connectivity index (χ3v) is 4.70. The van der Waals surface area contributed by atoms with Gasteiger partial charge in [0.1, 0.15) is 11.4 Å². The number of halogens is 1. The standard InChI is InChI=1S/C21H26FN3O/c1-3-23-20(24-14-21(2,26)15-9-5-4-6-10-15)25-19-13-17(19)16-11-7-8-12-18(16)22/h4-12,17,19,26H,3,13-14H2,1-2H3,(H2,23,24,25). The second-order valence-electron chi connectivity index (χ2n) is 6.95. The molecule has 3 unspecified atom stereocenters. The maximum atomic E-state index is 13.9. The van der Waals surface area contributed by atoms with Gasteiger partial charge in [-0.15, -0.1) is 0 Å². The van der Waals surface area contributed by atoms with Gasteiger partial charge in [-0.25, -0.2) is 9.38 Å². The van der Waals surface area contributed by atoms with Crippen LogP contribution in [0.15, 0.2) is 59.6 Å². The molecule has 0 heterocycles. The predicted octanol–water partition coefficient (Wildman–Crippen LogP) is 3.14. The molecule has 5 heteroatoms. The number of hydrogen-bond acceptors (Lipinski definition) is 2. The lowest BCUT2D eigenvalue weighted by Gasteiger charge is -2.22. The molecule has 1 aliphatic rings. The van der Waals surface area contributed by atoms with Gasteiger partial charge in [-0.2, -0.15) is 0 Å². The van der Waals surface area contributed by atoms with Crippen LogP contribution < -0.4 is 10.6 Å². The van der Waals surface area contributed by atoms with Crippen LogP contribution in [0.3, 0.4) is 0 Å². The molecule has 0 spiro atoms. The van der Waals surface area contributed by atoms with Crippen molar-refractivity contribution in [1.29, 1.82) is 0 Å². The first-order chi connectivity index (χ1) is 12.5. The van der Waals surface area contributed by atoms with E-state index in [2.05, 4.69) is 15.6 Å². The average Bonchev–Trinajstić information content (AvgIpc) is 3.40. The fourth-order valence-corrected chi connectivity index (χ4v) is 3.09. The van der Waals surface area contributed by atoms with E-state index in [1.54, 1.807) is 13.0 Å². The van der Waals surface area contributed by atoms with Crippen molar-refractivity contribution in [1.82, 2.24) is 10.6 Å². The van der Waals surface area contributed by atoms with Crippen LogP contribution in [0, 0.1) is 5.82 Å². The molecule has 1 fully saturated rings. The molecule has 2 aromatic carbocycles. The highest BCUT2D eigenvalue weighted by Gasteiger charge is 2.40. The molecule has 1 aliphatic carbocycles. The van der Waals surface area contributed by atoms with Gasteiger partial charge in [-0.05, 0) is 37.5 Å². The highest BCUT2D eigenvalue weighted by Crippen LogP contribution is 2.41. The van der Waals surface area contributed by atoms with Crippen LogP contribution in [0.5, 0.6) is 0 Å². The van der Waals surface area contributed by atoms with E-state index in [1.165, 1.54) is 6.07 Å². The number of rotatable bonds is 6. The van der Waals surface area contributed by atoms with E-state index in [-0.39, 0.29) is 24.3 Å². The number of hydrogen-bond donors (Lipinski definition) is 3. The maximum Gasteiger partial charge on any atom is 0.191 e. The molecule has 3 N–H and O–H groups in total. The molecule has 0 aliphatic heterocycles. The Balaban J connectivity index is 1.65. The van der Waals surface area contributed by atoms with Crippen molar-refractivity contribution in [3.63, 3.8) is 0 Å². The van der Waals surface area contributed by atoms with Crippen molar-refractivity contribution in [2.75, 3.05) is 13.1 Å². The molecule has 1 saturated carbocycles. The summed E-state index contributed by atoms with van der Waals surface area (Å²) < 4.78 is 13.9. The van der Waals surface area contributed by atoms with Crippen molar-refractivity contribution < 1.29 is 9.50 Å². The largest absolute Gasteiger partial charge is 0.384 e. The Bertz CT molecular complexity index is 761. The molecule has 3 rings (SSSR count). The van der Waals surface area contributed by atoms with Crippen LogP contribution in [0.1, 0.15) is 37.3 Å². The third-order valence-electron chi connectivity index (χ3n) is 4.70. The first-order valence-corrected chi connectivity index (χ1v) is 9.08. The van der Waals surface area contributed by atoms with Crippen LogP contribution >= 0.6 is 0 Å². The monoisotopic (exact) mass is 355 g/mol. The average molecular weight is 355 g/mol. The van der Waals surface area contributed by atoms with E-state index < -0.39 is 5.60 Å². The normalized spacial score (nSPS) is 21.8. The number of aliphatic hydroxyl groups is 1. The second kappa shape index (κ2) is 7.87. The van der Waals surface area contributed by atoms with Gasteiger partial charge in [-0.1, -0.05) is 48.5 Å². The fourth-order valence-electron chi connectivity index (χ4n) is 3.09. The number of nitrogens with one attached hydrogen (secondary N) is 2. The van der Waals surface area contributed by atoms with Crippen LogP contribution in [-0.2, 0) is 5.60 Å². The summed E-state index contributed by atoms with van der Waals surface area (Å²) in [5.41, 5.74) is 0.533. The number of benzene rings is 2. The molecule has 26 heavy (non-hydrogen) atoms. The van der Waals surface area contributed by atoms with Crippen molar-refractivity contribution in [2.24, 2.45) is 4.99 Å². The van der Waals surface area contributed by atoms with Crippen molar-refractivity contribution in [2.45, 2.75) is 37.8 Å². The summed E-state index contributed by atoms with van der Waals surface area (Å²) in [4.78, 5) is 4.54. The Morgan fingerprint density at radius 2 is 1.88 bits per heavy atom. The number of aliphatic imine (C=N–C) groups is 1. The minimum atomic E-state index is -1.04. The van der Waals surface area contributed by atoms with E-state index in [0.717, 1.165) is 24.1 Å². The van der Waals surface area contributed by atoms with Gasteiger partial charge in [0.2, 0.25) is 0 Å². The molecule has 0 amide bonds. The lowest BCUT2D eigenvalue weighted by molar-refractivity contribution is 0.0672. The molecule has 0 aromatic heterocycles. The van der Waals surface area contributed by atoms with Gasteiger partial charge < -0.3 is 15.7 Å². The summed E-state index contributed by atoms with van der Waals surface area (Å²) >= 11 is 0.